The number of hydrogen-bond acceptors (Lipinski definition) is 4. The Labute approximate surface area is 209 Å². The minimum Gasteiger partial charge on any atom is -0.507 e. The van der Waals surface area contributed by atoms with Crippen molar-refractivity contribution in [3.8, 4) is 5.75 Å². The molecule has 1 atom stereocenters. The molecule has 1 fully saturated rings. The Morgan fingerprint density at radius 3 is 2.42 bits per heavy atom. The predicted molar refractivity (Wildman–Crippen MR) is 141 cm³/mol. The summed E-state index contributed by atoms with van der Waals surface area (Å²) in [6.07, 6.45) is 5.01. The third-order valence-electron chi connectivity index (χ3n) is 6.54. The number of nitrogens with zero attached hydrogens (tertiary/aromatic N) is 1. The van der Waals surface area contributed by atoms with Crippen LogP contribution in [0.2, 0.25) is 0 Å². The lowest BCUT2D eigenvalue weighted by molar-refractivity contribution is -0.132. The number of aliphatic hydroxyl groups excluding tert-OH is 1. The van der Waals surface area contributed by atoms with Crippen LogP contribution in [0, 0.1) is 0 Å². The van der Waals surface area contributed by atoms with E-state index in [0.29, 0.717) is 23.6 Å². The highest BCUT2D eigenvalue weighted by molar-refractivity contribution is 6.51. The summed E-state index contributed by atoms with van der Waals surface area (Å²) in [5, 5.41) is 12.3. The molecule has 1 amide bonds. The van der Waals surface area contributed by atoms with Crippen LogP contribution in [0.25, 0.3) is 16.7 Å². The van der Waals surface area contributed by atoms with Crippen LogP contribution in [0.3, 0.4) is 0 Å². The van der Waals surface area contributed by atoms with E-state index in [0.717, 1.165) is 35.7 Å². The molecule has 6 nitrogen and oxygen atoms in total. The van der Waals surface area contributed by atoms with Gasteiger partial charge in [0, 0.05) is 33.9 Å². The molecule has 0 radical (unpaired) electrons. The first-order chi connectivity index (χ1) is 17.6. The van der Waals surface area contributed by atoms with Crippen molar-refractivity contribution in [1.82, 2.24) is 4.98 Å². The number of ether oxygens (including phenoxy) is 1. The van der Waals surface area contributed by atoms with Crippen LogP contribution in [-0.4, -0.2) is 28.4 Å². The van der Waals surface area contributed by atoms with Gasteiger partial charge in [0.2, 0.25) is 0 Å². The summed E-state index contributed by atoms with van der Waals surface area (Å²) in [5.74, 6) is -0.902. The number of ketones is 1. The Balaban J connectivity index is 1.59. The molecule has 2 N–H and O–H groups in total. The highest BCUT2D eigenvalue weighted by Crippen LogP contribution is 2.44. The van der Waals surface area contributed by atoms with Crippen LogP contribution in [0.4, 0.5) is 5.69 Å². The molecular formula is C30H28N2O4. The van der Waals surface area contributed by atoms with Crippen molar-refractivity contribution in [2.45, 2.75) is 32.2 Å². The second kappa shape index (κ2) is 10.1. The number of amides is 1. The lowest BCUT2D eigenvalue weighted by Crippen LogP contribution is -2.29. The van der Waals surface area contributed by atoms with Crippen molar-refractivity contribution in [3.05, 3.63) is 102 Å². The van der Waals surface area contributed by atoms with E-state index in [-0.39, 0.29) is 11.3 Å². The molecule has 1 unspecified atom stereocenters. The minimum atomic E-state index is -0.784. The number of anilines is 1. The number of fused-ring (bicyclic) bond motifs is 1. The fourth-order valence-electron chi connectivity index (χ4n) is 4.71. The molecule has 2 heterocycles. The molecule has 0 bridgehead atoms. The van der Waals surface area contributed by atoms with Gasteiger partial charge in [-0.3, -0.25) is 14.5 Å². The van der Waals surface area contributed by atoms with Gasteiger partial charge in [-0.2, -0.15) is 0 Å². The van der Waals surface area contributed by atoms with Crippen molar-refractivity contribution in [1.29, 1.82) is 0 Å². The Morgan fingerprint density at radius 1 is 0.944 bits per heavy atom. The average molecular weight is 481 g/mol. The summed E-state index contributed by atoms with van der Waals surface area (Å²) in [6, 6.07) is 23.0. The number of carbonyl (C=O) groups is 2. The van der Waals surface area contributed by atoms with E-state index < -0.39 is 17.7 Å². The van der Waals surface area contributed by atoms with E-state index in [9.17, 15) is 14.7 Å². The molecule has 4 aromatic rings. The van der Waals surface area contributed by atoms with E-state index in [2.05, 4.69) is 11.9 Å². The molecule has 0 aliphatic carbocycles. The summed E-state index contributed by atoms with van der Waals surface area (Å²) >= 11 is 0. The van der Waals surface area contributed by atoms with Gasteiger partial charge < -0.3 is 14.8 Å². The van der Waals surface area contributed by atoms with Gasteiger partial charge >= 0.3 is 0 Å². The average Bonchev–Trinajstić information content (AvgIpc) is 3.45. The van der Waals surface area contributed by atoms with Crippen LogP contribution in [0.5, 0.6) is 5.75 Å². The van der Waals surface area contributed by atoms with E-state index in [1.54, 1.807) is 42.6 Å². The van der Waals surface area contributed by atoms with E-state index >= 15 is 0 Å². The molecule has 0 spiro atoms. The number of unbranched alkanes of at least 4 members (excludes halogenated alkanes) is 2. The smallest absolute Gasteiger partial charge is 0.300 e. The van der Waals surface area contributed by atoms with Gasteiger partial charge in [0.05, 0.1) is 18.2 Å². The lowest BCUT2D eigenvalue weighted by Gasteiger charge is -2.25. The Morgan fingerprint density at radius 2 is 1.67 bits per heavy atom. The molecule has 3 aromatic carbocycles. The number of aliphatic hydroxyl groups is 1. The number of para-hydroxylation sites is 2. The molecule has 182 valence electrons. The third-order valence-corrected chi connectivity index (χ3v) is 6.54. The highest BCUT2D eigenvalue weighted by atomic mass is 16.5. The normalized spacial score (nSPS) is 17.1. The summed E-state index contributed by atoms with van der Waals surface area (Å²) in [7, 11) is 0. The van der Waals surface area contributed by atoms with Crippen molar-refractivity contribution < 1.29 is 19.4 Å². The number of rotatable bonds is 8. The van der Waals surface area contributed by atoms with Crippen LogP contribution in [-0.2, 0) is 9.59 Å². The fourth-order valence-corrected chi connectivity index (χ4v) is 4.71. The number of carbonyl (C=O) groups excluding carboxylic acids is 2. The summed E-state index contributed by atoms with van der Waals surface area (Å²) < 4.78 is 5.78. The molecule has 1 aliphatic rings. The van der Waals surface area contributed by atoms with Crippen LogP contribution >= 0.6 is 0 Å². The second-order valence-corrected chi connectivity index (χ2v) is 8.87. The number of H-pyrrole nitrogens is 1. The minimum absolute atomic E-state index is 0.0604. The number of nitrogens with one attached hydrogen (secondary N) is 1. The SMILES string of the molecule is CCCCCOc1ccc(/C(O)=C2\C(=O)C(=O)N(c3ccccc3)C2c2c[nH]c3ccccc23)cc1. The number of aromatic nitrogens is 1. The van der Waals surface area contributed by atoms with Gasteiger partial charge in [0.25, 0.3) is 11.7 Å². The van der Waals surface area contributed by atoms with Gasteiger partial charge in [-0.25, -0.2) is 0 Å². The number of Topliss-reactive ketones (excluding diaryl/α,β-unsaturated/α-hetero) is 1. The van der Waals surface area contributed by atoms with Gasteiger partial charge in [-0.1, -0.05) is 56.2 Å². The van der Waals surface area contributed by atoms with Gasteiger partial charge in [0.1, 0.15) is 11.5 Å². The Bertz CT molecular complexity index is 1420. The highest BCUT2D eigenvalue weighted by Gasteiger charge is 2.47. The molecule has 0 saturated carbocycles. The number of benzene rings is 3. The molecule has 36 heavy (non-hydrogen) atoms. The summed E-state index contributed by atoms with van der Waals surface area (Å²) in [4.78, 5) is 31.4. The molecule has 1 saturated heterocycles. The standard InChI is InChI=1S/C30H28N2O4/c1-2-3-9-18-36-22-16-14-20(15-17-22)28(33)26-27(24-19-31-25-13-8-7-12-23(24)25)32(30(35)29(26)34)21-10-5-4-6-11-21/h4-8,10-17,19,27,31,33H,2-3,9,18H2,1H3/b28-26+. The molecule has 1 aromatic heterocycles. The number of hydrogen-bond donors (Lipinski definition) is 2. The monoisotopic (exact) mass is 480 g/mol. The van der Waals surface area contributed by atoms with Crippen molar-refractivity contribution in [2.24, 2.45) is 0 Å². The van der Waals surface area contributed by atoms with Gasteiger partial charge in [0.15, 0.2) is 0 Å². The van der Waals surface area contributed by atoms with E-state index in [1.807, 2.05) is 42.5 Å². The topological polar surface area (TPSA) is 82.6 Å². The second-order valence-electron chi connectivity index (χ2n) is 8.87. The quantitative estimate of drug-likeness (QED) is 0.133. The largest absolute Gasteiger partial charge is 0.507 e. The van der Waals surface area contributed by atoms with E-state index in [1.165, 1.54) is 4.90 Å². The maximum atomic E-state index is 13.4. The van der Waals surface area contributed by atoms with Crippen molar-refractivity contribution in [2.75, 3.05) is 11.5 Å². The van der Waals surface area contributed by atoms with Gasteiger partial charge in [-0.15, -0.1) is 0 Å². The summed E-state index contributed by atoms with van der Waals surface area (Å²) in [5.41, 5.74) is 2.73. The maximum Gasteiger partial charge on any atom is 0.300 e. The van der Waals surface area contributed by atoms with E-state index in [4.69, 9.17) is 4.74 Å². The Kier molecular flexibility index (Phi) is 6.58. The first kappa shape index (κ1) is 23.4. The lowest BCUT2D eigenvalue weighted by atomic mass is 9.94. The molecule has 6 heteroatoms. The first-order valence-electron chi connectivity index (χ1n) is 12.3. The zero-order valence-corrected chi connectivity index (χ0v) is 20.1. The molecular weight excluding hydrogens is 452 g/mol. The zero-order valence-electron chi connectivity index (χ0n) is 20.1. The molecule has 1 aliphatic heterocycles. The van der Waals surface area contributed by atoms with Crippen molar-refractivity contribution >= 4 is 34.0 Å². The predicted octanol–water partition coefficient (Wildman–Crippen LogP) is 6.36. The third kappa shape index (κ3) is 4.26. The Hall–Kier alpha value is -4.32. The summed E-state index contributed by atoms with van der Waals surface area (Å²) in [6.45, 7) is 2.77. The van der Waals surface area contributed by atoms with Crippen LogP contribution < -0.4 is 9.64 Å². The number of aromatic amines is 1. The van der Waals surface area contributed by atoms with Crippen molar-refractivity contribution in [3.63, 3.8) is 0 Å². The van der Waals surface area contributed by atoms with Gasteiger partial charge in [-0.05, 0) is 48.9 Å². The van der Waals surface area contributed by atoms with Crippen LogP contribution in [0.15, 0.2) is 90.6 Å². The maximum absolute atomic E-state index is 13.4. The fraction of sp³-hybridized carbons (Fsp3) is 0.200. The van der Waals surface area contributed by atoms with Crippen LogP contribution in [0.1, 0.15) is 43.4 Å². The molecule has 5 rings (SSSR count). The zero-order chi connectivity index (χ0) is 25.1. The first-order valence-corrected chi connectivity index (χ1v) is 12.3.